The summed E-state index contributed by atoms with van der Waals surface area (Å²) in [4.78, 5) is 9.87. The van der Waals surface area contributed by atoms with Crippen LogP contribution in [-0.2, 0) is 4.79 Å². The number of thiol groups is 1. The molecule has 0 fully saturated rings. The number of allylic oxidation sites excluding steroid dienone is 2. The number of carboxylic acid groups (broad SMARTS) is 1. The van der Waals surface area contributed by atoms with Crippen molar-refractivity contribution in [2.45, 2.75) is 0 Å². The molecular formula is C5H7BO4S. The van der Waals surface area contributed by atoms with Gasteiger partial charge in [0.15, 0.2) is 0 Å². The maximum atomic E-state index is 9.88. The second-order valence-electron chi connectivity index (χ2n) is 1.66. The maximum Gasteiger partial charge on any atom is 0.494 e. The van der Waals surface area contributed by atoms with Crippen LogP contribution in [-0.4, -0.2) is 28.2 Å². The van der Waals surface area contributed by atoms with E-state index in [4.69, 9.17) is 15.2 Å². The molecule has 0 spiro atoms. The first-order valence-electron chi connectivity index (χ1n) is 2.70. The number of rotatable bonds is 3. The SMILES string of the molecule is O=C(O)/C=C/C=C(\S)B(O)O. The predicted octanol–water partition coefficient (Wildman–Crippen LogP) is -0.547. The molecule has 0 heterocycles. The van der Waals surface area contributed by atoms with Crippen LogP contribution in [0.4, 0.5) is 0 Å². The summed E-state index contributed by atoms with van der Waals surface area (Å²) in [6.45, 7) is 0. The van der Waals surface area contributed by atoms with E-state index < -0.39 is 13.1 Å². The second-order valence-corrected chi connectivity index (χ2v) is 2.18. The summed E-state index contributed by atoms with van der Waals surface area (Å²) in [5.41, 5.74) is 0. The largest absolute Gasteiger partial charge is 0.494 e. The summed E-state index contributed by atoms with van der Waals surface area (Å²) < 4.78 is 0. The maximum absolute atomic E-state index is 9.88. The zero-order valence-electron chi connectivity index (χ0n) is 5.51. The molecule has 0 unspecified atom stereocenters. The highest BCUT2D eigenvalue weighted by atomic mass is 32.1. The topological polar surface area (TPSA) is 77.8 Å². The van der Waals surface area contributed by atoms with Gasteiger partial charge in [0.1, 0.15) is 0 Å². The van der Waals surface area contributed by atoms with Gasteiger partial charge in [-0.05, 0) is 0 Å². The lowest BCUT2D eigenvalue weighted by Crippen LogP contribution is -2.10. The van der Waals surface area contributed by atoms with Crippen molar-refractivity contribution in [1.29, 1.82) is 0 Å². The van der Waals surface area contributed by atoms with Gasteiger partial charge < -0.3 is 15.2 Å². The Kier molecular flexibility index (Phi) is 4.68. The molecule has 4 nitrogen and oxygen atoms in total. The van der Waals surface area contributed by atoms with Crippen molar-refractivity contribution in [2.24, 2.45) is 0 Å². The lowest BCUT2D eigenvalue weighted by Gasteiger charge is -1.92. The smallest absolute Gasteiger partial charge is 0.478 e. The van der Waals surface area contributed by atoms with Gasteiger partial charge >= 0.3 is 13.1 Å². The lowest BCUT2D eigenvalue weighted by molar-refractivity contribution is -0.131. The molecule has 0 aliphatic carbocycles. The highest BCUT2D eigenvalue weighted by molar-refractivity contribution is 7.86. The second kappa shape index (κ2) is 5.00. The van der Waals surface area contributed by atoms with Gasteiger partial charge in [-0.25, -0.2) is 4.79 Å². The van der Waals surface area contributed by atoms with Crippen LogP contribution in [0.25, 0.3) is 0 Å². The van der Waals surface area contributed by atoms with Gasteiger partial charge in [0, 0.05) is 10.9 Å². The van der Waals surface area contributed by atoms with Crippen molar-refractivity contribution in [3.05, 3.63) is 23.0 Å². The van der Waals surface area contributed by atoms with Crippen LogP contribution in [0.5, 0.6) is 0 Å². The third-order valence-electron chi connectivity index (χ3n) is 0.770. The first-order chi connectivity index (χ1) is 5.04. The summed E-state index contributed by atoms with van der Waals surface area (Å²) in [6, 6.07) is 0. The molecular weight excluding hydrogens is 167 g/mol. The van der Waals surface area contributed by atoms with Gasteiger partial charge in [-0.3, -0.25) is 0 Å². The minimum atomic E-state index is -1.66. The summed E-state index contributed by atoms with van der Waals surface area (Å²) in [5.74, 6) is -1.10. The number of hydrogen-bond donors (Lipinski definition) is 4. The van der Waals surface area contributed by atoms with Crippen molar-refractivity contribution in [2.75, 3.05) is 0 Å². The molecule has 0 aliphatic heterocycles. The highest BCUT2D eigenvalue weighted by Gasteiger charge is 2.08. The molecule has 0 amide bonds. The molecule has 0 saturated heterocycles. The Balaban J connectivity index is 4.01. The van der Waals surface area contributed by atoms with Gasteiger partial charge in [0.05, 0.1) is 0 Å². The molecule has 0 atom stereocenters. The Morgan fingerprint density at radius 3 is 2.36 bits per heavy atom. The first kappa shape index (κ1) is 10.3. The average molecular weight is 174 g/mol. The normalized spacial score (nSPS) is 12.1. The van der Waals surface area contributed by atoms with E-state index in [0.717, 1.165) is 12.2 Å². The zero-order chi connectivity index (χ0) is 8.85. The molecule has 3 N–H and O–H groups in total. The van der Waals surface area contributed by atoms with Crippen LogP contribution in [0.3, 0.4) is 0 Å². The van der Waals surface area contributed by atoms with Crippen molar-refractivity contribution >= 4 is 25.7 Å². The quantitative estimate of drug-likeness (QED) is 0.200. The summed E-state index contributed by atoms with van der Waals surface area (Å²) in [5, 5.41) is 24.9. The number of hydrogen-bond acceptors (Lipinski definition) is 4. The minimum absolute atomic E-state index is 0.0116. The van der Waals surface area contributed by atoms with E-state index in [2.05, 4.69) is 12.6 Å². The van der Waals surface area contributed by atoms with E-state index >= 15 is 0 Å². The monoisotopic (exact) mass is 174 g/mol. The van der Waals surface area contributed by atoms with E-state index in [1.807, 2.05) is 0 Å². The van der Waals surface area contributed by atoms with Crippen LogP contribution >= 0.6 is 12.6 Å². The predicted molar refractivity (Wildman–Crippen MR) is 44.0 cm³/mol. The van der Waals surface area contributed by atoms with Gasteiger partial charge in [-0.15, -0.1) is 0 Å². The third-order valence-corrected chi connectivity index (χ3v) is 1.15. The Labute approximate surface area is 69.4 Å². The van der Waals surface area contributed by atoms with Crippen molar-refractivity contribution in [1.82, 2.24) is 0 Å². The molecule has 0 aliphatic rings. The Bertz CT molecular complexity index is 199. The van der Waals surface area contributed by atoms with E-state index in [1.165, 1.54) is 6.08 Å². The summed E-state index contributed by atoms with van der Waals surface area (Å²) >= 11 is 3.64. The molecule has 11 heavy (non-hydrogen) atoms. The molecule has 0 radical (unpaired) electrons. The van der Waals surface area contributed by atoms with Crippen molar-refractivity contribution in [3.8, 4) is 0 Å². The summed E-state index contributed by atoms with van der Waals surface area (Å²) in [7, 11) is -1.66. The zero-order valence-corrected chi connectivity index (χ0v) is 6.40. The van der Waals surface area contributed by atoms with Crippen LogP contribution in [0, 0.1) is 0 Å². The van der Waals surface area contributed by atoms with E-state index in [9.17, 15) is 4.79 Å². The molecule has 0 rings (SSSR count). The lowest BCUT2D eigenvalue weighted by atomic mass is 9.91. The van der Waals surface area contributed by atoms with E-state index in [-0.39, 0.29) is 4.80 Å². The first-order valence-corrected chi connectivity index (χ1v) is 3.15. The number of aliphatic carboxylic acids is 1. The van der Waals surface area contributed by atoms with Crippen LogP contribution < -0.4 is 0 Å². The van der Waals surface area contributed by atoms with E-state index in [1.54, 1.807) is 0 Å². The minimum Gasteiger partial charge on any atom is -0.478 e. The van der Waals surface area contributed by atoms with E-state index in [0.29, 0.717) is 0 Å². The molecule has 6 heteroatoms. The van der Waals surface area contributed by atoms with Gasteiger partial charge in [-0.2, -0.15) is 12.6 Å². The van der Waals surface area contributed by atoms with Gasteiger partial charge in [-0.1, -0.05) is 12.2 Å². The highest BCUT2D eigenvalue weighted by Crippen LogP contribution is 2.00. The summed E-state index contributed by atoms with van der Waals surface area (Å²) in [6.07, 6.45) is 3.20. The Morgan fingerprint density at radius 1 is 1.45 bits per heavy atom. The molecule has 0 bridgehead atoms. The molecule has 0 aromatic rings. The van der Waals surface area contributed by atoms with Gasteiger partial charge in [0.2, 0.25) is 0 Å². The van der Waals surface area contributed by atoms with Crippen LogP contribution in [0.2, 0.25) is 0 Å². The van der Waals surface area contributed by atoms with Gasteiger partial charge in [0.25, 0.3) is 0 Å². The number of carboxylic acids is 1. The van der Waals surface area contributed by atoms with Crippen molar-refractivity contribution < 1.29 is 19.9 Å². The average Bonchev–Trinajstić information content (AvgIpc) is 1.86. The van der Waals surface area contributed by atoms with Crippen LogP contribution in [0.15, 0.2) is 23.0 Å². The Morgan fingerprint density at radius 2 is 2.00 bits per heavy atom. The van der Waals surface area contributed by atoms with Crippen molar-refractivity contribution in [3.63, 3.8) is 0 Å². The molecule has 0 aromatic carbocycles. The fraction of sp³-hybridized carbons (Fsp3) is 0. The molecule has 0 aromatic heterocycles. The van der Waals surface area contributed by atoms with Crippen LogP contribution in [0.1, 0.15) is 0 Å². The number of carbonyl (C=O) groups is 1. The fourth-order valence-electron chi connectivity index (χ4n) is 0.315. The third kappa shape index (κ3) is 5.72. The standard InChI is InChI=1S/C5H7BO4S/c7-5(8)3-1-2-4(11)6(9)10/h1-3,9-11H,(H,7,8)/b3-1+,4-2-. The molecule has 0 saturated carbocycles. The molecule has 60 valence electrons. The fourth-order valence-corrected chi connectivity index (χ4v) is 0.401. The Hall–Kier alpha value is -0.715.